The molecule has 3 heterocycles. The Balaban J connectivity index is 0.00000168. The number of hydrogen-bond donors (Lipinski definition) is 1. The summed E-state index contributed by atoms with van der Waals surface area (Å²) in [7, 11) is 2.16. The second kappa shape index (κ2) is 5.96. The fourth-order valence-corrected chi connectivity index (χ4v) is 5.06. The Morgan fingerprint density at radius 1 is 0.923 bits per heavy atom. The van der Waals surface area contributed by atoms with Gasteiger partial charge < -0.3 is 10.6 Å². The molecule has 5 rings (SSSR count). The number of amides is 2. The minimum Gasteiger partial charge on any atom is -0.398 e. The van der Waals surface area contributed by atoms with Crippen LogP contribution in [-0.4, -0.2) is 46.8 Å². The van der Waals surface area contributed by atoms with Crippen molar-refractivity contribution in [2.75, 3.05) is 12.8 Å². The van der Waals surface area contributed by atoms with Crippen molar-refractivity contribution in [1.82, 2.24) is 9.80 Å². The van der Waals surface area contributed by atoms with Crippen molar-refractivity contribution in [3.05, 3.63) is 41.5 Å². The zero-order valence-electron chi connectivity index (χ0n) is 14.6. The van der Waals surface area contributed by atoms with Crippen LogP contribution in [0.25, 0.3) is 10.8 Å². The van der Waals surface area contributed by atoms with Crippen LogP contribution in [0.1, 0.15) is 46.4 Å². The number of nitrogens with two attached hydrogens (primary N) is 1. The first kappa shape index (κ1) is 17.3. The monoisotopic (exact) mass is 371 g/mol. The predicted octanol–water partition coefficient (Wildman–Crippen LogP) is 3.07. The molecule has 3 aliphatic rings. The van der Waals surface area contributed by atoms with E-state index in [9.17, 15) is 9.59 Å². The van der Waals surface area contributed by atoms with Crippen LogP contribution in [0, 0.1) is 0 Å². The Bertz CT molecular complexity index is 892. The molecule has 0 unspecified atom stereocenters. The van der Waals surface area contributed by atoms with Gasteiger partial charge in [-0.15, -0.1) is 12.4 Å². The fraction of sp³-hybridized carbons (Fsp3) is 0.400. The molecule has 2 fully saturated rings. The van der Waals surface area contributed by atoms with Gasteiger partial charge >= 0.3 is 0 Å². The quantitative estimate of drug-likeness (QED) is 0.618. The van der Waals surface area contributed by atoms with E-state index in [2.05, 4.69) is 11.9 Å². The van der Waals surface area contributed by atoms with E-state index in [1.54, 1.807) is 12.1 Å². The number of halogens is 1. The molecular weight excluding hydrogens is 350 g/mol. The molecular formula is C20H22ClN3O2. The molecule has 2 aromatic rings. The number of fused-ring (bicyclic) bond motifs is 2. The maximum atomic E-state index is 13.2. The van der Waals surface area contributed by atoms with Crippen molar-refractivity contribution < 1.29 is 9.59 Å². The van der Waals surface area contributed by atoms with Crippen molar-refractivity contribution in [1.29, 1.82) is 0 Å². The molecule has 0 aromatic heterocycles. The molecule has 0 radical (unpaired) electrons. The standard InChI is InChI=1S/C20H21N3O2.ClH/c1-22-11-5-6-12(22)10-13(9-11)23-19(24)15-4-2-3-14-17(21)8-7-16(18(14)15)20(23)25;/h2-4,7-8,11-13H,5-6,9-10,21H2,1H3;1H/t11-,12+,13+;. The summed E-state index contributed by atoms with van der Waals surface area (Å²) in [5.74, 6) is -0.328. The summed E-state index contributed by atoms with van der Waals surface area (Å²) >= 11 is 0. The van der Waals surface area contributed by atoms with Crippen LogP contribution in [0.3, 0.4) is 0 Å². The molecule has 136 valence electrons. The van der Waals surface area contributed by atoms with Crippen molar-refractivity contribution in [2.24, 2.45) is 0 Å². The summed E-state index contributed by atoms with van der Waals surface area (Å²) in [6.45, 7) is 0. The third-order valence-electron chi connectivity index (χ3n) is 6.41. The second-order valence-electron chi connectivity index (χ2n) is 7.59. The van der Waals surface area contributed by atoms with Crippen LogP contribution in [0.2, 0.25) is 0 Å². The lowest BCUT2D eigenvalue weighted by Crippen LogP contribution is -2.54. The molecule has 2 amide bonds. The van der Waals surface area contributed by atoms with Gasteiger partial charge in [0.05, 0.1) is 0 Å². The Morgan fingerprint density at radius 2 is 1.54 bits per heavy atom. The number of anilines is 1. The maximum absolute atomic E-state index is 13.2. The number of carbonyl (C=O) groups excluding carboxylic acids is 2. The molecule has 2 saturated heterocycles. The molecule has 5 nitrogen and oxygen atoms in total. The van der Waals surface area contributed by atoms with Crippen molar-refractivity contribution in [3.8, 4) is 0 Å². The van der Waals surface area contributed by atoms with Crippen molar-refractivity contribution in [2.45, 2.75) is 43.8 Å². The van der Waals surface area contributed by atoms with E-state index in [1.807, 2.05) is 18.2 Å². The predicted molar refractivity (Wildman–Crippen MR) is 104 cm³/mol. The topological polar surface area (TPSA) is 66.6 Å². The largest absolute Gasteiger partial charge is 0.398 e. The van der Waals surface area contributed by atoms with Gasteiger partial charge in [-0.3, -0.25) is 14.5 Å². The lowest BCUT2D eigenvalue weighted by Gasteiger charge is -2.42. The molecule has 6 heteroatoms. The maximum Gasteiger partial charge on any atom is 0.261 e. The van der Waals surface area contributed by atoms with Gasteiger partial charge in [0.1, 0.15) is 0 Å². The highest BCUT2D eigenvalue weighted by molar-refractivity contribution is 6.26. The highest BCUT2D eigenvalue weighted by Crippen LogP contribution is 2.40. The van der Waals surface area contributed by atoms with Crippen LogP contribution in [0.5, 0.6) is 0 Å². The van der Waals surface area contributed by atoms with E-state index in [0.29, 0.717) is 34.3 Å². The lowest BCUT2D eigenvalue weighted by atomic mass is 9.89. The van der Waals surface area contributed by atoms with Gasteiger partial charge in [0.2, 0.25) is 0 Å². The average molecular weight is 372 g/mol. The summed E-state index contributed by atoms with van der Waals surface area (Å²) in [4.78, 5) is 30.3. The van der Waals surface area contributed by atoms with Gasteiger partial charge in [-0.25, -0.2) is 0 Å². The smallest absolute Gasteiger partial charge is 0.261 e. The zero-order valence-corrected chi connectivity index (χ0v) is 15.5. The number of benzene rings is 2. The van der Waals surface area contributed by atoms with Gasteiger partial charge in [-0.1, -0.05) is 12.1 Å². The van der Waals surface area contributed by atoms with Crippen molar-refractivity contribution >= 4 is 40.7 Å². The number of carbonyl (C=O) groups is 2. The molecule has 3 aliphatic heterocycles. The Labute approximate surface area is 158 Å². The van der Waals surface area contributed by atoms with Crippen LogP contribution in [0.15, 0.2) is 30.3 Å². The Kier molecular flexibility index (Phi) is 3.97. The van der Waals surface area contributed by atoms with E-state index in [1.165, 1.54) is 4.90 Å². The molecule has 2 aromatic carbocycles. The van der Waals surface area contributed by atoms with E-state index < -0.39 is 0 Å². The zero-order chi connectivity index (χ0) is 17.3. The minimum absolute atomic E-state index is 0. The highest BCUT2D eigenvalue weighted by atomic mass is 35.5. The summed E-state index contributed by atoms with van der Waals surface area (Å²) in [5, 5.41) is 1.50. The van der Waals surface area contributed by atoms with E-state index in [0.717, 1.165) is 31.1 Å². The average Bonchev–Trinajstić information content (AvgIpc) is 2.82. The van der Waals surface area contributed by atoms with Crippen LogP contribution >= 0.6 is 12.4 Å². The summed E-state index contributed by atoms with van der Waals surface area (Å²) in [6, 6.07) is 10.0. The van der Waals surface area contributed by atoms with E-state index in [-0.39, 0.29) is 30.3 Å². The van der Waals surface area contributed by atoms with Gasteiger partial charge in [0.25, 0.3) is 11.8 Å². The Hall–Kier alpha value is -2.11. The van der Waals surface area contributed by atoms with Crippen LogP contribution in [0.4, 0.5) is 5.69 Å². The number of hydrogen-bond acceptors (Lipinski definition) is 4. The number of rotatable bonds is 1. The van der Waals surface area contributed by atoms with Crippen LogP contribution in [-0.2, 0) is 0 Å². The molecule has 0 aliphatic carbocycles. The number of nitrogen functional groups attached to an aromatic ring is 1. The first-order chi connectivity index (χ1) is 12.1. The first-order valence-electron chi connectivity index (χ1n) is 8.97. The summed E-state index contributed by atoms with van der Waals surface area (Å²) in [6.07, 6.45) is 4.09. The highest BCUT2D eigenvalue weighted by Gasteiger charge is 2.45. The lowest BCUT2D eigenvalue weighted by molar-refractivity contribution is 0.0397. The van der Waals surface area contributed by atoms with Gasteiger partial charge in [-0.05, 0) is 50.9 Å². The molecule has 3 atom stereocenters. The van der Waals surface area contributed by atoms with Gasteiger partial charge in [0, 0.05) is 45.7 Å². The molecule has 0 saturated carbocycles. The minimum atomic E-state index is -0.164. The third-order valence-corrected chi connectivity index (χ3v) is 6.41. The van der Waals surface area contributed by atoms with Crippen molar-refractivity contribution in [3.63, 3.8) is 0 Å². The fourth-order valence-electron chi connectivity index (χ4n) is 5.06. The molecule has 2 bridgehead atoms. The first-order valence-corrected chi connectivity index (χ1v) is 8.97. The number of imide groups is 1. The van der Waals surface area contributed by atoms with E-state index >= 15 is 0 Å². The third kappa shape index (κ3) is 2.20. The number of piperidine rings is 1. The molecule has 0 spiro atoms. The second-order valence-corrected chi connectivity index (χ2v) is 7.59. The van der Waals surface area contributed by atoms with Crippen LogP contribution < -0.4 is 5.73 Å². The molecule has 26 heavy (non-hydrogen) atoms. The summed E-state index contributed by atoms with van der Waals surface area (Å²) in [5.41, 5.74) is 7.87. The van der Waals surface area contributed by atoms with Gasteiger partial charge in [-0.2, -0.15) is 0 Å². The number of nitrogens with zero attached hydrogens (tertiary/aromatic N) is 2. The van der Waals surface area contributed by atoms with E-state index in [4.69, 9.17) is 5.73 Å². The SMILES string of the molecule is CN1[C@@H]2CC[C@H]1C[C@@H](N1C(=O)c3cccc4c(N)ccc(c34)C1=O)C2.Cl. The van der Waals surface area contributed by atoms with Gasteiger partial charge in [0.15, 0.2) is 0 Å². The Morgan fingerprint density at radius 3 is 2.19 bits per heavy atom. The summed E-state index contributed by atoms with van der Waals surface area (Å²) < 4.78 is 0. The molecule has 2 N–H and O–H groups in total. The normalized spacial score (nSPS) is 27.7.